The van der Waals surface area contributed by atoms with Gasteiger partial charge in [-0.3, -0.25) is 14.9 Å². The van der Waals surface area contributed by atoms with Crippen molar-refractivity contribution in [1.29, 1.82) is 0 Å². The van der Waals surface area contributed by atoms with Crippen LogP contribution in [0.15, 0.2) is 47.5 Å². The molecule has 0 radical (unpaired) electrons. The number of anilines is 1. The zero-order valence-corrected chi connectivity index (χ0v) is 17.9. The number of halogens is 1. The Kier molecular flexibility index (Phi) is 7.93. The van der Waals surface area contributed by atoms with Crippen LogP contribution in [-0.2, 0) is 16.0 Å². The largest absolute Gasteiger partial charge is 0.493 e. The van der Waals surface area contributed by atoms with Crippen molar-refractivity contribution in [3.8, 4) is 11.5 Å². The molecule has 158 valence electrons. The molecular formula is C20H19BrN2O7. The number of hydrogen-bond acceptors (Lipinski definition) is 7. The van der Waals surface area contributed by atoms with Gasteiger partial charge in [0, 0.05) is 22.2 Å². The van der Waals surface area contributed by atoms with Crippen LogP contribution in [0.2, 0.25) is 0 Å². The predicted molar refractivity (Wildman–Crippen MR) is 113 cm³/mol. The van der Waals surface area contributed by atoms with Crippen molar-refractivity contribution in [2.45, 2.75) is 6.42 Å². The third kappa shape index (κ3) is 5.57. The summed E-state index contributed by atoms with van der Waals surface area (Å²) in [5.41, 5.74) is 1.04. The lowest BCUT2D eigenvalue weighted by atomic mass is 10.1. The van der Waals surface area contributed by atoms with Gasteiger partial charge in [0.1, 0.15) is 0 Å². The standard InChI is InChI=1S/C20H19BrN2O7/c1-4-5-12-8-13(9-17(28-2)19(12)29-3)20(25)30-11-18(24)22-16-7-6-14(23(26)27)10-15(16)21/h4,6-10H,1,5,11H2,2-3H3,(H,22,24). The molecule has 10 heteroatoms. The van der Waals surface area contributed by atoms with Crippen molar-refractivity contribution in [3.05, 3.63) is 68.7 Å². The van der Waals surface area contributed by atoms with Gasteiger partial charge in [-0.15, -0.1) is 6.58 Å². The van der Waals surface area contributed by atoms with Gasteiger partial charge in [0.2, 0.25) is 0 Å². The van der Waals surface area contributed by atoms with E-state index < -0.39 is 23.4 Å². The van der Waals surface area contributed by atoms with Crippen molar-refractivity contribution >= 4 is 39.2 Å². The number of methoxy groups -OCH3 is 2. The molecule has 0 spiro atoms. The molecule has 30 heavy (non-hydrogen) atoms. The first-order valence-corrected chi connectivity index (χ1v) is 9.36. The van der Waals surface area contributed by atoms with Crippen LogP contribution in [-0.4, -0.2) is 37.6 Å². The third-order valence-corrected chi connectivity index (χ3v) is 4.58. The topological polar surface area (TPSA) is 117 Å². The van der Waals surface area contributed by atoms with Gasteiger partial charge < -0.3 is 19.5 Å². The number of esters is 1. The smallest absolute Gasteiger partial charge is 0.338 e. The molecule has 2 aromatic carbocycles. The third-order valence-electron chi connectivity index (χ3n) is 3.93. The van der Waals surface area contributed by atoms with Gasteiger partial charge in [0.25, 0.3) is 11.6 Å². The summed E-state index contributed by atoms with van der Waals surface area (Å²) in [6.07, 6.45) is 2.09. The van der Waals surface area contributed by atoms with Crippen molar-refractivity contribution in [3.63, 3.8) is 0 Å². The minimum Gasteiger partial charge on any atom is -0.493 e. The number of carbonyl (C=O) groups is 2. The molecule has 1 N–H and O–H groups in total. The van der Waals surface area contributed by atoms with Gasteiger partial charge in [0.05, 0.1) is 30.4 Å². The molecule has 1 amide bonds. The van der Waals surface area contributed by atoms with Crippen LogP contribution in [0.4, 0.5) is 11.4 Å². The zero-order chi connectivity index (χ0) is 22.3. The average Bonchev–Trinajstić information content (AvgIpc) is 2.72. The van der Waals surface area contributed by atoms with E-state index in [-0.39, 0.29) is 11.3 Å². The van der Waals surface area contributed by atoms with E-state index in [0.29, 0.717) is 33.6 Å². The van der Waals surface area contributed by atoms with E-state index in [1.807, 2.05) is 0 Å². The first-order chi connectivity index (χ1) is 14.3. The van der Waals surface area contributed by atoms with Crippen molar-refractivity contribution in [2.75, 3.05) is 26.1 Å². The van der Waals surface area contributed by atoms with Gasteiger partial charge in [0.15, 0.2) is 18.1 Å². The summed E-state index contributed by atoms with van der Waals surface area (Å²) in [6, 6.07) is 6.91. The van der Waals surface area contributed by atoms with E-state index in [0.717, 1.165) is 0 Å². The van der Waals surface area contributed by atoms with E-state index in [1.54, 1.807) is 12.1 Å². The predicted octanol–water partition coefficient (Wildman–Crippen LogP) is 3.90. The fourth-order valence-electron chi connectivity index (χ4n) is 2.59. The number of hydrogen-bond donors (Lipinski definition) is 1. The van der Waals surface area contributed by atoms with Crippen LogP contribution in [0.25, 0.3) is 0 Å². The van der Waals surface area contributed by atoms with Gasteiger partial charge >= 0.3 is 5.97 Å². The summed E-state index contributed by atoms with van der Waals surface area (Å²) in [5.74, 6) is -0.498. The Labute approximate surface area is 180 Å². The van der Waals surface area contributed by atoms with E-state index in [4.69, 9.17) is 14.2 Å². The summed E-state index contributed by atoms with van der Waals surface area (Å²) >= 11 is 3.15. The number of amides is 1. The van der Waals surface area contributed by atoms with Crippen molar-refractivity contribution in [2.24, 2.45) is 0 Å². The van der Waals surface area contributed by atoms with Crippen molar-refractivity contribution in [1.82, 2.24) is 0 Å². The van der Waals surface area contributed by atoms with Crippen LogP contribution in [0.1, 0.15) is 15.9 Å². The maximum absolute atomic E-state index is 12.4. The number of non-ortho nitro benzene ring substituents is 1. The van der Waals surface area contributed by atoms with Crippen LogP contribution in [0, 0.1) is 10.1 Å². The van der Waals surface area contributed by atoms with Crippen LogP contribution in [0.3, 0.4) is 0 Å². The first kappa shape index (κ1) is 22.9. The molecule has 0 aliphatic carbocycles. The van der Waals surface area contributed by atoms with Crippen LogP contribution < -0.4 is 14.8 Å². The second kappa shape index (κ2) is 10.4. The zero-order valence-electron chi connectivity index (χ0n) is 16.3. The fourth-order valence-corrected chi connectivity index (χ4v) is 3.05. The van der Waals surface area contributed by atoms with Gasteiger partial charge in [-0.1, -0.05) is 6.08 Å². The molecular weight excluding hydrogens is 460 g/mol. The number of benzene rings is 2. The first-order valence-electron chi connectivity index (χ1n) is 8.57. The number of rotatable bonds is 9. The molecule has 0 atom stereocenters. The molecule has 0 bridgehead atoms. The fraction of sp³-hybridized carbons (Fsp3) is 0.200. The Morgan fingerprint density at radius 3 is 2.53 bits per heavy atom. The van der Waals surface area contributed by atoms with Gasteiger partial charge in [-0.05, 0) is 40.5 Å². The number of nitro groups is 1. The molecule has 0 heterocycles. The second-order valence-corrected chi connectivity index (χ2v) is 6.76. The molecule has 9 nitrogen and oxygen atoms in total. The van der Waals surface area contributed by atoms with E-state index >= 15 is 0 Å². The molecule has 0 aliphatic rings. The van der Waals surface area contributed by atoms with Crippen LogP contribution >= 0.6 is 15.9 Å². The summed E-state index contributed by atoms with van der Waals surface area (Å²) in [4.78, 5) is 34.7. The monoisotopic (exact) mass is 478 g/mol. The number of allylic oxidation sites excluding steroid dienone is 1. The quantitative estimate of drug-likeness (QED) is 0.251. The van der Waals surface area contributed by atoms with Gasteiger partial charge in [-0.2, -0.15) is 0 Å². The number of ether oxygens (including phenoxy) is 3. The Balaban J connectivity index is 2.08. The van der Waals surface area contributed by atoms with E-state index in [9.17, 15) is 19.7 Å². The lowest BCUT2D eigenvalue weighted by Gasteiger charge is -2.14. The van der Waals surface area contributed by atoms with E-state index in [2.05, 4.69) is 27.8 Å². The summed E-state index contributed by atoms with van der Waals surface area (Å²) in [6.45, 7) is 3.13. The molecule has 0 aromatic heterocycles. The minimum atomic E-state index is -0.723. The number of carbonyl (C=O) groups excluding carboxylic acids is 2. The highest BCUT2D eigenvalue weighted by molar-refractivity contribution is 9.10. The van der Waals surface area contributed by atoms with E-state index in [1.165, 1.54) is 38.5 Å². The van der Waals surface area contributed by atoms with Crippen LogP contribution in [0.5, 0.6) is 11.5 Å². The number of nitro benzene ring substituents is 1. The Bertz CT molecular complexity index is 991. The maximum atomic E-state index is 12.4. The molecule has 0 aliphatic heterocycles. The number of nitrogens with zero attached hydrogens (tertiary/aromatic N) is 1. The summed E-state index contributed by atoms with van der Waals surface area (Å²) in [7, 11) is 2.93. The molecule has 2 rings (SSSR count). The SMILES string of the molecule is C=CCc1cc(C(=O)OCC(=O)Nc2ccc([N+](=O)[O-])cc2Br)cc(OC)c1OC. The Hall–Kier alpha value is -3.40. The highest BCUT2D eigenvalue weighted by Gasteiger charge is 2.18. The normalized spacial score (nSPS) is 10.1. The molecule has 0 saturated heterocycles. The summed E-state index contributed by atoms with van der Waals surface area (Å²) in [5, 5.41) is 13.3. The highest BCUT2D eigenvalue weighted by atomic mass is 79.9. The van der Waals surface area contributed by atoms with Crippen molar-refractivity contribution < 1.29 is 28.7 Å². The Morgan fingerprint density at radius 1 is 1.23 bits per heavy atom. The lowest BCUT2D eigenvalue weighted by molar-refractivity contribution is -0.384. The molecule has 0 unspecified atom stereocenters. The molecule has 0 saturated carbocycles. The van der Waals surface area contributed by atoms with Gasteiger partial charge in [-0.25, -0.2) is 4.79 Å². The summed E-state index contributed by atoms with van der Waals surface area (Å²) < 4.78 is 16.0. The Morgan fingerprint density at radius 2 is 1.97 bits per heavy atom. The molecule has 2 aromatic rings. The maximum Gasteiger partial charge on any atom is 0.338 e. The highest BCUT2D eigenvalue weighted by Crippen LogP contribution is 2.33. The average molecular weight is 479 g/mol. The minimum absolute atomic E-state index is 0.130. The lowest BCUT2D eigenvalue weighted by Crippen LogP contribution is -2.21. The number of nitrogens with one attached hydrogen (secondary N) is 1. The second-order valence-electron chi connectivity index (χ2n) is 5.91. The molecule has 0 fully saturated rings.